The molecule has 0 aliphatic carbocycles. The van der Waals surface area contributed by atoms with E-state index in [2.05, 4.69) is 69.1 Å². The molecule has 3 nitrogen and oxygen atoms in total. The number of hydrogen-bond donors (Lipinski definition) is 0. The van der Waals surface area contributed by atoms with Crippen molar-refractivity contribution in [3.05, 3.63) is 46.1 Å². The normalized spacial score (nSPS) is 20.0. The van der Waals surface area contributed by atoms with Crippen LogP contribution in [-0.4, -0.2) is 43.0 Å². The van der Waals surface area contributed by atoms with Crippen molar-refractivity contribution in [2.24, 2.45) is 0 Å². The van der Waals surface area contributed by atoms with Gasteiger partial charge in [0, 0.05) is 0 Å². The number of benzene rings is 1. The monoisotopic (exact) mass is 622 g/mol. The second kappa shape index (κ2) is 18.8. The van der Waals surface area contributed by atoms with Crippen LogP contribution in [0.25, 0.3) is 0 Å². The van der Waals surface area contributed by atoms with Crippen LogP contribution in [0.3, 0.4) is 0 Å². The van der Waals surface area contributed by atoms with E-state index in [0.717, 1.165) is 32.3 Å². The maximum atomic E-state index is 6.33. The molecule has 212 valence electrons. The van der Waals surface area contributed by atoms with E-state index >= 15 is 0 Å². The fourth-order valence-corrected chi connectivity index (χ4v) is 20.3. The Morgan fingerprint density at radius 1 is 0.838 bits per heavy atom. The molecule has 0 aromatic heterocycles. The summed E-state index contributed by atoms with van der Waals surface area (Å²) in [4.78, 5) is 0. The molecule has 1 aliphatic heterocycles. The van der Waals surface area contributed by atoms with Crippen LogP contribution >= 0.6 is 0 Å². The molecule has 1 heterocycles. The fraction of sp³-hybridized carbons (Fsp3) is 0.758. The second-order valence-corrected chi connectivity index (χ2v) is 24.8. The van der Waals surface area contributed by atoms with Gasteiger partial charge in [0.15, 0.2) is 0 Å². The minimum atomic E-state index is -2.14. The van der Waals surface area contributed by atoms with Gasteiger partial charge in [-0.3, -0.25) is 0 Å². The molecule has 1 aliphatic rings. The minimum absolute atomic E-state index is 0.269. The Labute approximate surface area is 234 Å². The summed E-state index contributed by atoms with van der Waals surface area (Å²) in [6.45, 7) is 12.7. The second-order valence-electron chi connectivity index (χ2n) is 11.8. The van der Waals surface area contributed by atoms with E-state index in [4.69, 9.17) is 14.2 Å². The van der Waals surface area contributed by atoms with Crippen LogP contribution in [0.15, 0.2) is 40.5 Å². The zero-order valence-electron chi connectivity index (χ0n) is 24.9. The van der Waals surface area contributed by atoms with Gasteiger partial charge in [0.1, 0.15) is 0 Å². The predicted molar refractivity (Wildman–Crippen MR) is 162 cm³/mol. The molecule has 1 fully saturated rings. The summed E-state index contributed by atoms with van der Waals surface area (Å²) in [5.41, 5.74) is 1.24. The van der Waals surface area contributed by atoms with E-state index in [0.29, 0.717) is 12.7 Å². The van der Waals surface area contributed by atoms with Gasteiger partial charge in [0.25, 0.3) is 0 Å². The van der Waals surface area contributed by atoms with Crippen molar-refractivity contribution >= 4 is 18.4 Å². The van der Waals surface area contributed by atoms with E-state index in [9.17, 15) is 0 Å². The van der Waals surface area contributed by atoms with Crippen molar-refractivity contribution < 1.29 is 14.2 Å². The van der Waals surface area contributed by atoms with Crippen LogP contribution in [0, 0.1) is 0 Å². The quantitative estimate of drug-likeness (QED) is 0.107. The summed E-state index contributed by atoms with van der Waals surface area (Å²) < 4.78 is 26.0. The van der Waals surface area contributed by atoms with Crippen molar-refractivity contribution in [3.8, 4) is 0 Å². The van der Waals surface area contributed by atoms with Crippen LogP contribution in [0.1, 0.15) is 117 Å². The number of allylic oxidation sites excluding steroid dienone is 1. The summed E-state index contributed by atoms with van der Waals surface area (Å²) in [6, 6.07) is 10.4. The molecule has 2 rings (SSSR count). The molecule has 1 saturated heterocycles. The molecule has 1 aromatic rings. The van der Waals surface area contributed by atoms with Crippen LogP contribution in [0.5, 0.6) is 0 Å². The molecule has 0 bridgehead atoms. The van der Waals surface area contributed by atoms with E-state index in [1.165, 1.54) is 56.9 Å². The third kappa shape index (κ3) is 14.0. The molecule has 37 heavy (non-hydrogen) atoms. The summed E-state index contributed by atoms with van der Waals surface area (Å²) >= 11 is -2.14. The molecule has 0 spiro atoms. The van der Waals surface area contributed by atoms with E-state index in [1.807, 2.05) is 6.07 Å². The Balaban J connectivity index is 1.76. The van der Waals surface area contributed by atoms with Crippen LogP contribution in [0.4, 0.5) is 0 Å². The maximum absolute atomic E-state index is 6.33. The fourth-order valence-electron chi connectivity index (χ4n) is 5.76. The van der Waals surface area contributed by atoms with Crippen molar-refractivity contribution in [1.82, 2.24) is 0 Å². The Bertz CT molecular complexity index is 696. The van der Waals surface area contributed by atoms with Gasteiger partial charge in [0.2, 0.25) is 0 Å². The molecule has 0 unspecified atom stereocenters. The van der Waals surface area contributed by atoms with Gasteiger partial charge in [-0.25, -0.2) is 0 Å². The molecule has 4 heteroatoms. The van der Waals surface area contributed by atoms with Gasteiger partial charge in [-0.2, -0.15) is 0 Å². The molecule has 0 N–H and O–H groups in total. The molecule has 1 aromatic carbocycles. The van der Waals surface area contributed by atoms with Crippen molar-refractivity contribution in [3.63, 3.8) is 0 Å². The summed E-state index contributed by atoms with van der Waals surface area (Å²) in [5.74, 6) is -0.486. The van der Waals surface area contributed by atoms with E-state index in [1.54, 1.807) is 13.3 Å². The molecular weight excluding hydrogens is 563 g/mol. The standard InChI is InChI=1S/C21H31O3.3C4H9.Sn/c1-4-5-7-13-19-16-20(24-21(2,3)23-19)14-10-15-22-17-18-11-8-6-9-12-18;3*1-3-4-2;/h1,4,6,8-9,11-12,19-20H,5,7,10,13-17H2,2-3H3;3*1,3-4H2,2H3;/t19-,20+;;;;/m1..../s1. The van der Waals surface area contributed by atoms with Crippen molar-refractivity contribution in [2.45, 2.75) is 150 Å². The molecule has 0 saturated carbocycles. The molecule has 2 atom stereocenters. The van der Waals surface area contributed by atoms with Gasteiger partial charge in [0.05, 0.1) is 6.61 Å². The van der Waals surface area contributed by atoms with Crippen molar-refractivity contribution in [1.29, 1.82) is 0 Å². The zero-order chi connectivity index (χ0) is 26.8. The molecular formula is C33H58O3Sn. The summed E-state index contributed by atoms with van der Waals surface area (Å²) in [5, 5.41) is 0. The summed E-state index contributed by atoms with van der Waals surface area (Å²) in [7, 11) is 0. The molecule has 0 radical (unpaired) electrons. The van der Waals surface area contributed by atoms with Gasteiger partial charge in [-0.15, -0.1) is 0 Å². The van der Waals surface area contributed by atoms with Crippen LogP contribution in [0.2, 0.25) is 13.3 Å². The topological polar surface area (TPSA) is 27.7 Å². The first kappa shape index (κ1) is 32.8. The third-order valence-electron chi connectivity index (χ3n) is 7.81. The SMILES string of the molecule is CCC[CH2][Sn](/[CH]=C/CCC[C@@H]1C[C@H](CCCOCc2ccccc2)OC(C)(C)O1)([CH2]CCC)[CH2]CCC. The van der Waals surface area contributed by atoms with E-state index in [-0.39, 0.29) is 6.10 Å². The Kier molecular flexibility index (Phi) is 16.7. The van der Waals surface area contributed by atoms with Crippen LogP contribution in [-0.2, 0) is 20.8 Å². The number of unbranched alkanes of at least 4 members (excludes halogenated alkanes) is 4. The van der Waals surface area contributed by atoms with Gasteiger partial charge < -0.3 is 0 Å². The Morgan fingerprint density at radius 3 is 1.97 bits per heavy atom. The first-order valence-electron chi connectivity index (χ1n) is 15.6. The Morgan fingerprint density at radius 2 is 1.41 bits per heavy atom. The number of hydrogen-bond acceptors (Lipinski definition) is 3. The number of ether oxygens (including phenoxy) is 3. The summed E-state index contributed by atoms with van der Waals surface area (Å²) in [6.07, 6.45) is 18.2. The Hall–Kier alpha value is -0.361. The average molecular weight is 622 g/mol. The van der Waals surface area contributed by atoms with Crippen molar-refractivity contribution in [2.75, 3.05) is 6.61 Å². The molecule has 0 amide bonds. The van der Waals surface area contributed by atoms with E-state index < -0.39 is 24.2 Å². The zero-order valence-corrected chi connectivity index (χ0v) is 27.8. The van der Waals surface area contributed by atoms with Gasteiger partial charge in [-0.1, -0.05) is 30.3 Å². The van der Waals surface area contributed by atoms with Gasteiger partial charge in [-0.05, 0) is 5.56 Å². The number of rotatable bonds is 20. The van der Waals surface area contributed by atoms with Crippen LogP contribution < -0.4 is 0 Å². The predicted octanol–water partition coefficient (Wildman–Crippen LogP) is 10.0. The first-order chi connectivity index (χ1) is 17.9. The average Bonchev–Trinajstić information content (AvgIpc) is 2.88. The first-order valence-corrected chi connectivity index (χ1v) is 23.3. The third-order valence-corrected chi connectivity index (χ3v) is 22.1. The van der Waals surface area contributed by atoms with Gasteiger partial charge >= 0.3 is 192 Å².